The Kier molecular flexibility index (Phi) is 4.15. The number of hydrogen-bond donors (Lipinski definition) is 1. The maximum atomic E-state index is 11.4. The quantitative estimate of drug-likeness (QED) is 0.816. The fraction of sp³-hybridized carbons (Fsp3) is 0.571. The zero-order valence-electron chi connectivity index (χ0n) is 7.66. The second kappa shape index (κ2) is 4.95. The van der Waals surface area contributed by atoms with Crippen LogP contribution in [0, 0.1) is 6.92 Å². The number of nitrogens with one attached hydrogen (secondary N) is 1. The number of sulfonamides is 1. The molecule has 0 atom stereocenters. The third-order valence-corrected chi connectivity index (χ3v) is 4.01. The van der Waals surface area contributed by atoms with Crippen LogP contribution in [0.25, 0.3) is 0 Å². The molecule has 4 nitrogen and oxygen atoms in total. The van der Waals surface area contributed by atoms with Crippen LogP contribution >= 0.6 is 22.9 Å². The first-order chi connectivity index (χ1) is 6.53. The average molecular weight is 255 g/mol. The van der Waals surface area contributed by atoms with E-state index in [1.807, 2.05) is 6.92 Å². The number of alkyl halides is 1. The molecule has 0 aliphatic rings. The first-order valence-electron chi connectivity index (χ1n) is 4.02. The Morgan fingerprint density at radius 3 is 2.86 bits per heavy atom. The highest BCUT2D eigenvalue weighted by molar-refractivity contribution is 7.92. The van der Waals surface area contributed by atoms with Crippen molar-refractivity contribution in [3.8, 4) is 0 Å². The van der Waals surface area contributed by atoms with Gasteiger partial charge in [-0.2, -0.15) is 0 Å². The molecule has 0 spiro atoms. The van der Waals surface area contributed by atoms with Crippen LogP contribution in [-0.2, 0) is 10.0 Å². The van der Waals surface area contributed by atoms with E-state index < -0.39 is 10.0 Å². The van der Waals surface area contributed by atoms with Gasteiger partial charge in [-0.1, -0.05) is 0 Å². The summed E-state index contributed by atoms with van der Waals surface area (Å²) in [5, 5.41) is 2.21. The molecule has 14 heavy (non-hydrogen) atoms. The van der Waals surface area contributed by atoms with Gasteiger partial charge in [0.25, 0.3) is 0 Å². The molecular weight excluding hydrogens is 244 g/mol. The van der Waals surface area contributed by atoms with Gasteiger partial charge in [0.15, 0.2) is 5.13 Å². The van der Waals surface area contributed by atoms with Gasteiger partial charge in [-0.25, -0.2) is 13.4 Å². The highest BCUT2D eigenvalue weighted by Gasteiger charge is 2.11. The monoisotopic (exact) mass is 254 g/mol. The van der Waals surface area contributed by atoms with Crippen molar-refractivity contribution in [2.45, 2.75) is 13.3 Å². The van der Waals surface area contributed by atoms with E-state index in [9.17, 15) is 8.42 Å². The van der Waals surface area contributed by atoms with Gasteiger partial charge in [0.1, 0.15) is 0 Å². The van der Waals surface area contributed by atoms with Crippen LogP contribution in [0.1, 0.15) is 12.1 Å². The van der Waals surface area contributed by atoms with Crippen LogP contribution in [0.4, 0.5) is 5.13 Å². The minimum atomic E-state index is -3.27. The van der Waals surface area contributed by atoms with E-state index in [0.717, 1.165) is 5.69 Å². The van der Waals surface area contributed by atoms with E-state index in [4.69, 9.17) is 11.6 Å². The molecule has 0 fully saturated rings. The molecule has 1 N–H and O–H groups in total. The predicted octanol–water partition coefficient (Wildman–Crippen LogP) is 1.82. The Morgan fingerprint density at radius 1 is 1.64 bits per heavy atom. The molecule has 1 aromatic rings. The zero-order valence-corrected chi connectivity index (χ0v) is 10.0. The summed E-state index contributed by atoms with van der Waals surface area (Å²) in [6.45, 7) is 1.81. The smallest absolute Gasteiger partial charge is 0.234 e. The minimum Gasteiger partial charge on any atom is -0.259 e. The highest BCUT2D eigenvalue weighted by atomic mass is 35.5. The van der Waals surface area contributed by atoms with Crippen molar-refractivity contribution < 1.29 is 8.42 Å². The van der Waals surface area contributed by atoms with E-state index in [1.165, 1.54) is 11.3 Å². The van der Waals surface area contributed by atoms with Gasteiger partial charge in [0.05, 0.1) is 11.4 Å². The molecule has 0 saturated heterocycles. The lowest BCUT2D eigenvalue weighted by Gasteiger charge is -2.02. The topological polar surface area (TPSA) is 59.1 Å². The number of anilines is 1. The molecule has 0 aromatic carbocycles. The molecule has 0 aliphatic carbocycles. The van der Waals surface area contributed by atoms with Crippen molar-refractivity contribution in [2.24, 2.45) is 0 Å². The van der Waals surface area contributed by atoms with Crippen LogP contribution in [-0.4, -0.2) is 25.0 Å². The normalized spacial score (nSPS) is 11.6. The molecule has 7 heteroatoms. The Labute approximate surface area is 92.4 Å². The summed E-state index contributed by atoms with van der Waals surface area (Å²) in [6.07, 6.45) is 0.446. The Hall–Kier alpha value is -0.330. The number of hydrogen-bond acceptors (Lipinski definition) is 4. The van der Waals surface area contributed by atoms with Crippen LogP contribution < -0.4 is 4.72 Å². The summed E-state index contributed by atoms with van der Waals surface area (Å²) in [6, 6.07) is 0. The van der Waals surface area contributed by atoms with Gasteiger partial charge in [-0.3, -0.25) is 4.72 Å². The first kappa shape index (κ1) is 11.7. The maximum absolute atomic E-state index is 11.4. The SMILES string of the molecule is Cc1csc(NS(=O)(=O)CCCCl)n1. The predicted molar refractivity (Wildman–Crippen MR) is 59.6 cm³/mol. The molecule has 80 valence electrons. The summed E-state index contributed by atoms with van der Waals surface area (Å²) < 4.78 is 25.1. The third kappa shape index (κ3) is 3.81. The molecule has 0 radical (unpaired) electrons. The number of thiazole rings is 1. The van der Waals surface area contributed by atoms with E-state index in [-0.39, 0.29) is 5.75 Å². The third-order valence-electron chi connectivity index (χ3n) is 1.41. The number of nitrogens with zero attached hydrogens (tertiary/aromatic N) is 1. The maximum Gasteiger partial charge on any atom is 0.234 e. The van der Waals surface area contributed by atoms with E-state index in [0.29, 0.717) is 17.4 Å². The number of aromatic nitrogens is 1. The van der Waals surface area contributed by atoms with Crippen molar-refractivity contribution in [1.29, 1.82) is 0 Å². The molecule has 0 saturated carbocycles. The van der Waals surface area contributed by atoms with Gasteiger partial charge >= 0.3 is 0 Å². The summed E-state index contributed by atoms with van der Waals surface area (Å²) in [4.78, 5) is 4.00. The Bertz CT molecular complexity index is 388. The zero-order chi connectivity index (χ0) is 10.6. The standard InChI is InChI=1S/C7H11ClN2O2S2/c1-6-5-13-7(9-6)10-14(11,12)4-2-3-8/h5H,2-4H2,1H3,(H,9,10). The Balaban J connectivity index is 2.59. The molecule has 0 amide bonds. The highest BCUT2D eigenvalue weighted by Crippen LogP contribution is 2.16. The van der Waals surface area contributed by atoms with E-state index in [2.05, 4.69) is 9.71 Å². The summed E-state index contributed by atoms with van der Waals surface area (Å²) in [7, 11) is -3.27. The van der Waals surface area contributed by atoms with E-state index in [1.54, 1.807) is 5.38 Å². The largest absolute Gasteiger partial charge is 0.259 e. The van der Waals surface area contributed by atoms with Gasteiger partial charge in [0.2, 0.25) is 10.0 Å². The first-order valence-corrected chi connectivity index (χ1v) is 7.09. The summed E-state index contributed by atoms with van der Waals surface area (Å²) in [5.41, 5.74) is 0.810. The van der Waals surface area contributed by atoms with Crippen molar-refractivity contribution in [2.75, 3.05) is 16.4 Å². The molecular formula is C7H11ClN2O2S2. The lowest BCUT2D eigenvalue weighted by molar-refractivity contribution is 0.600. The van der Waals surface area contributed by atoms with Gasteiger partial charge in [0, 0.05) is 11.3 Å². The molecule has 0 aliphatic heterocycles. The number of halogens is 1. The van der Waals surface area contributed by atoms with Gasteiger partial charge in [-0.05, 0) is 13.3 Å². The fourth-order valence-electron chi connectivity index (χ4n) is 0.829. The minimum absolute atomic E-state index is 0.0368. The average Bonchev–Trinajstić information content (AvgIpc) is 2.47. The van der Waals surface area contributed by atoms with Crippen molar-refractivity contribution in [3.05, 3.63) is 11.1 Å². The number of aryl methyl sites for hydroxylation is 1. The molecule has 0 unspecified atom stereocenters. The number of rotatable bonds is 5. The molecule has 1 heterocycles. The van der Waals surface area contributed by atoms with Crippen LogP contribution in [0.5, 0.6) is 0 Å². The lowest BCUT2D eigenvalue weighted by Crippen LogP contribution is -2.16. The fourth-order valence-corrected chi connectivity index (χ4v) is 3.16. The summed E-state index contributed by atoms with van der Waals surface area (Å²) in [5.74, 6) is 0.382. The van der Waals surface area contributed by atoms with Crippen molar-refractivity contribution >= 4 is 38.1 Å². The second-order valence-electron chi connectivity index (χ2n) is 2.76. The second-order valence-corrected chi connectivity index (χ2v) is 5.84. The molecule has 0 bridgehead atoms. The molecule has 1 rings (SSSR count). The van der Waals surface area contributed by atoms with Crippen molar-refractivity contribution in [3.63, 3.8) is 0 Å². The Morgan fingerprint density at radius 2 is 2.36 bits per heavy atom. The van der Waals surface area contributed by atoms with Crippen molar-refractivity contribution in [1.82, 2.24) is 4.98 Å². The van der Waals surface area contributed by atoms with Crippen LogP contribution in [0.3, 0.4) is 0 Å². The van der Waals surface area contributed by atoms with Gasteiger partial charge in [-0.15, -0.1) is 22.9 Å². The van der Waals surface area contributed by atoms with Crippen LogP contribution in [0.2, 0.25) is 0 Å². The van der Waals surface area contributed by atoms with Crippen LogP contribution in [0.15, 0.2) is 5.38 Å². The lowest BCUT2D eigenvalue weighted by atomic mass is 10.6. The van der Waals surface area contributed by atoms with E-state index >= 15 is 0 Å². The van der Waals surface area contributed by atoms with Gasteiger partial charge < -0.3 is 0 Å². The summed E-state index contributed by atoms with van der Waals surface area (Å²) >= 11 is 6.68. The molecule has 1 aromatic heterocycles.